The maximum absolute atomic E-state index is 4.35. The van der Waals surface area contributed by atoms with Crippen LogP contribution in [0.2, 0.25) is 0 Å². The third-order valence-corrected chi connectivity index (χ3v) is 3.44. The first-order chi connectivity index (χ1) is 8.29. The van der Waals surface area contributed by atoms with Gasteiger partial charge in [0, 0.05) is 35.9 Å². The first-order valence-electron chi connectivity index (χ1n) is 5.84. The number of thiazole rings is 1. The van der Waals surface area contributed by atoms with Crippen molar-refractivity contribution in [1.29, 1.82) is 0 Å². The number of nitrogens with one attached hydrogen (secondary N) is 1. The van der Waals surface area contributed by atoms with Gasteiger partial charge in [0.1, 0.15) is 0 Å². The van der Waals surface area contributed by atoms with E-state index in [9.17, 15) is 0 Å². The molecule has 0 bridgehead atoms. The molecule has 0 aliphatic heterocycles. The average Bonchev–Trinajstić information content (AvgIpc) is 2.81. The van der Waals surface area contributed by atoms with E-state index in [2.05, 4.69) is 34.3 Å². The third-order valence-electron chi connectivity index (χ3n) is 2.64. The fourth-order valence-corrected chi connectivity index (χ4v) is 2.53. The van der Waals surface area contributed by atoms with Crippen molar-refractivity contribution in [2.45, 2.75) is 26.3 Å². The molecule has 0 aromatic carbocycles. The van der Waals surface area contributed by atoms with Crippen LogP contribution in [0.15, 0.2) is 29.9 Å². The zero-order valence-corrected chi connectivity index (χ0v) is 11.0. The molecule has 17 heavy (non-hydrogen) atoms. The summed E-state index contributed by atoms with van der Waals surface area (Å²) in [5.41, 5.74) is 2.35. The molecule has 2 rings (SSSR count). The van der Waals surface area contributed by atoms with E-state index in [0.29, 0.717) is 6.04 Å². The minimum absolute atomic E-state index is 0.327. The Hall–Kier alpha value is -1.26. The van der Waals surface area contributed by atoms with Crippen molar-refractivity contribution in [2.75, 3.05) is 6.54 Å². The van der Waals surface area contributed by atoms with Crippen LogP contribution in [0.25, 0.3) is 0 Å². The number of hydrogen-bond acceptors (Lipinski definition) is 4. The van der Waals surface area contributed by atoms with Crippen LogP contribution in [0.4, 0.5) is 0 Å². The van der Waals surface area contributed by atoms with Crippen LogP contribution in [0, 0.1) is 6.92 Å². The molecule has 0 aliphatic carbocycles. The molecule has 2 heterocycles. The second-order valence-corrected chi connectivity index (χ2v) is 4.95. The highest BCUT2D eigenvalue weighted by Gasteiger charge is 2.12. The van der Waals surface area contributed by atoms with Gasteiger partial charge in [-0.25, -0.2) is 4.98 Å². The van der Waals surface area contributed by atoms with E-state index in [0.717, 1.165) is 18.7 Å². The molecule has 2 aromatic heterocycles. The molecule has 1 unspecified atom stereocenters. The topological polar surface area (TPSA) is 37.8 Å². The van der Waals surface area contributed by atoms with Crippen molar-refractivity contribution in [2.24, 2.45) is 0 Å². The molecule has 1 atom stereocenters. The normalized spacial score (nSPS) is 12.6. The number of rotatable bonds is 5. The zero-order valence-electron chi connectivity index (χ0n) is 10.2. The molecule has 0 spiro atoms. The van der Waals surface area contributed by atoms with Crippen LogP contribution in [-0.4, -0.2) is 16.5 Å². The standard InChI is InChI=1S/C13H17N3S/c1-3-14-12(9-13-16-6-7-17-13)11-4-5-15-10(2)8-11/h4-8,12,14H,3,9H2,1-2H3. The lowest BCUT2D eigenvalue weighted by atomic mass is 10.0. The molecule has 0 saturated heterocycles. The number of aryl methyl sites for hydroxylation is 1. The van der Waals surface area contributed by atoms with Gasteiger partial charge in [0.25, 0.3) is 0 Å². The first-order valence-corrected chi connectivity index (χ1v) is 6.72. The van der Waals surface area contributed by atoms with E-state index in [4.69, 9.17) is 0 Å². The molecular weight excluding hydrogens is 230 g/mol. The zero-order chi connectivity index (χ0) is 12.1. The van der Waals surface area contributed by atoms with Crippen molar-refractivity contribution in [3.05, 3.63) is 46.2 Å². The monoisotopic (exact) mass is 247 g/mol. The second kappa shape index (κ2) is 5.89. The Morgan fingerprint density at radius 1 is 1.35 bits per heavy atom. The Morgan fingerprint density at radius 2 is 2.24 bits per heavy atom. The highest BCUT2D eigenvalue weighted by Crippen LogP contribution is 2.19. The third kappa shape index (κ3) is 3.35. The van der Waals surface area contributed by atoms with Gasteiger partial charge in [-0.05, 0) is 31.2 Å². The van der Waals surface area contributed by atoms with E-state index < -0.39 is 0 Å². The highest BCUT2D eigenvalue weighted by molar-refractivity contribution is 7.09. The quantitative estimate of drug-likeness (QED) is 0.883. The first kappa shape index (κ1) is 12.2. The molecule has 1 N–H and O–H groups in total. The van der Waals surface area contributed by atoms with Crippen molar-refractivity contribution >= 4 is 11.3 Å². The van der Waals surface area contributed by atoms with Gasteiger partial charge >= 0.3 is 0 Å². The molecule has 90 valence electrons. The summed E-state index contributed by atoms with van der Waals surface area (Å²) in [7, 11) is 0. The Balaban J connectivity index is 2.16. The molecule has 0 aliphatic rings. The molecular formula is C13H17N3S. The number of aromatic nitrogens is 2. The Labute approximate surface area is 106 Å². The van der Waals surface area contributed by atoms with Crippen molar-refractivity contribution in [3.63, 3.8) is 0 Å². The molecule has 0 fully saturated rings. The van der Waals surface area contributed by atoms with Gasteiger partial charge in [0.2, 0.25) is 0 Å². The summed E-state index contributed by atoms with van der Waals surface area (Å²) in [5.74, 6) is 0. The summed E-state index contributed by atoms with van der Waals surface area (Å²) >= 11 is 1.71. The van der Waals surface area contributed by atoms with Gasteiger partial charge in [0.05, 0.1) is 5.01 Å². The summed E-state index contributed by atoms with van der Waals surface area (Å²) in [6.45, 7) is 5.11. The average molecular weight is 247 g/mol. The van der Waals surface area contributed by atoms with E-state index >= 15 is 0 Å². The van der Waals surface area contributed by atoms with Gasteiger partial charge in [0.15, 0.2) is 0 Å². The Morgan fingerprint density at radius 3 is 2.88 bits per heavy atom. The van der Waals surface area contributed by atoms with Gasteiger partial charge in [-0.1, -0.05) is 6.92 Å². The minimum Gasteiger partial charge on any atom is -0.310 e. The molecule has 0 radical (unpaired) electrons. The Kier molecular flexibility index (Phi) is 4.23. The molecule has 2 aromatic rings. The predicted molar refractivity (Wildman–Crippen MR) is 71.2 cm³/mol. The lowest BCUT2D eigenvalue weighted by Gasteiger charge is -2.17. The number of pyridine rings is 1. The summed E-state index contributed by atoms with van der Waals surface area (Å²) < 4.78 is 0. The summed E-state index contributed by atoms with van der Waals surface area (Å²) in [6, 6.07) is 4.54. The maximum Gasteiger partial charge on any atom is 0.0943 e. The number of likely N-dealkylation sites (N-methyl/N-ethyl adjacent to an activating group) is 1. The SMILES string of the molecule is CCNC(Cc1nccs1)c1ccnc(C)c1. The number of nitrogens with zero attached hydrogens (tertiary/aromatic N) is 2. The van der Waals surface area contributed by atoms with Crippen molar-refractivity contribution in [3.8, 4) is 0 Å². The smallest absolute Gasteiger partial charge is 0.0943 e. The van der Waals surface area contributed by atoms with Crippen molar-refractivity contribution < 1.29 is 0 Å². The van der Waals surface area contributed by atoms with E-state index in [1.54, 1.807) is 11.3 Å². The minimum atomic E-state index is 0.327. The summed E-state index contributed by atoms with van der Waals surface area (Å²) in [6.07, 6.45) is 4.67. The molecule has 4 heteroatoms. The van der Waals surface area contributed by atoms with Gasteiger partial charge in [-0.15, -0.1) is 11.3 Å². The molecule has 0 saturated carbocycles. The van der Waals surface area contributed by atoms with Crippen LogP contribution >= 0.6 is 11.3 Å². The maximum atomic E-state index is 4.35. The van der Waals surface area contributed by atoms with Crippen LogP contribution in [-0.2, 0) is 6.42 Å². The van der Waals surface area contributed by atoms with Crippen LogP contribution in [0.1, 0.15) is 29.2 Å². The predicted octanol–water partition coefficient (Wildman–Crippen LogP) is 2.74. The van der Waals surface area contributed by atoms with Gasteiger partial charge in [-0.3, -0.25) is 4.98 Å². The van der Waals surface area contributed by atoms with Gasteiger partial charge < -0.3 is 5.32 Å². The van der Waals surface area contributed by atoms with Crippen LogP contribution < -0.4 is 5.32 Å². The van der Waals surface area contributed by atoms with Crippen LogP contribution in [0.3, 0.4) is 0 Å². The lowest BCUT2D eigenvalue weighted by Crippen LogP contribution is -2.23. The van der Waals surface area contributed by atoms with Crippen molar-refractivity contribution in [1.82, 2.24) is 15.3 Å². The van der Waals surface area contributed by atoms with Gasteiger partial charge in [-0.2, -0.15) is 0 Å². The second-order valence-electron chi connectivity index (χ2n) is 3.97. The van der Waals surface area contributed by atoms with E-state index in [-0.39, 0.29) is 0 Å². The largest absolute Gasteiger partial charge is 0.310 e. The Bertz CT molecular complexity index is 453. The fraction of sp³-hybridized carbons (Fsp3) is 0.385. The highest BCUT2D eigenvalue weighted by atomic mass is 32.1. The number of hydrogen-bond donors (Lipinski definition) is 1. The van der Waals surface area contributed by atoms with Crippen LogP contribution in [0.5, 0.6) is 0 Å². The summed E-state index contributed by atoms with van der Waals surface area (Å²) in [4.78, 5) is 8.59. The lowest BCUT2D eigenvalue weighted by molar-refractivity contribution is 0.547. The molecule has 0 amide bonds. The van der Waals surface area contributed by atoms with E-state index in [1.807, 2.05) is 24.7 Å². The fourth-order valence-electron chi connectivity index (χ4n) is 1.87. The molecule has 3 nitrogen and oxygen atoms in total. The van der Waals surface area contributed by atoms with E-state index in [1.165, 1.54) is 10.6 Å². The summed E-state index contributed by atoms with van der Waals surface area (Å²) in [5, 5.41) is 6.70.